The number of nitrogens with zero attached hydrogens (tertiary/aromatic N) is 1. The molecule has 1 heterocycles. The van der Waals surface area contributed by atoms with E-state index in [1.54, 1.807) is 0 Å². The molecule has 0 saturated carbocycles. The van der Waals surface area contributed by atoms with E-state index in [1.807, 2.05) is 18.2 Å². The second-order valence-electron chi connectivity index (χ2n) is 6.59. The van der Waals surface area contributed by atoms with Crippen LogP contribution in [0.1, 0.15) is 31.7 Å². The monoisotopic (exact) mass is 367 g/mol. The van der Waals surface area contributed by atoms with Crippen LogP contribution < -0.4 is 10.6 Å². The summed E-state index contributed by atoms with van der Waals surface area (Å²) in [6.45, 7) is 6.01. The van der Waals surface area contributed by atoms with Crippen molar-refractivity contribution in [1.82, 2.24) is 10.6 Å². The predicted octanol–water partition coefficient (Wildman–Crippen LogP) is 2.62. The number of hydrogen-bond acceptors (Lipinski definition) is 3. The zero-order valence-electron chi connectivity index (χ0n) is 15.1. The molecule has 1 fully saturated rings. The maximum Gasteiger partial charge on any atom is 0.191 e. The highest BCUT2D eigenvalue weighted by Crippen LogP contribution is 2.32. The minimum atomic E-state index is -0.0192. The Morgan fingerprint density at radius 1 is 1.36 bits per heavy atom. The Morgan fingerprint density at radius 3 is 2.88 bits per heavy atom. The van der Waals surface area contributed by atoms with Gasteiger partial charge in [0.2, 0.25) is 0 Å². The molecule has 1 aromatic rings. The predicted molar refractivity (Wildman–Crippen MR) is 103 cm³/mol. The Balaban J connectivity index is 1.82. The summed E-state index contributed by atoms with van der Waals surface area (Å²) in [5.74, 6) is 0.825. The number of aliphatic imine (C=N–C) groups is 1. The van der Waals surface area contributed by atoms with E-state index in [2.05, 4.69) is 23.6 Å². The lowest BCUT2D eigenvalue weighted by atomic mass is 9.84. The van der Waals surface area contributed by atoms with E-state index >= 15 is 0 Å². The normalized spacial score (nSPS) is 20.7. The molecule has 1 aliphatic heterocycles. The van der Waals surface area contributed by atoms with Crippen LogP contribution in [0.3, 0.4) is 0 Å². The van der Waals surface area contributed by atoms with E-state index in [-0.39, 0.29) is 12.0 Å². The third-order valence-corrected chi connectivity index (χ3v) is 4.99. The van der Waals surface area contributed by atoms with Crippen LogP contribution in [-0.4, -0.2) is 50.5 Å². The van der Waals surface area contributed by atoms with Crippen LogP contribution in [0.5, 0.6) is 0 Å². The summed E-state index contributed by atoms with van der Waals surface area (Å²) in [6.07, 6.45) is 3.62. The summed E-state index contributed by atoms with van der Waals surface area (Å²) in [5, 5.41) is 16.8. The first-order chi connectivity index (χ1) is 12.2. The fourth-order valence-electron chi connectivity index (χ4n) is 3.06. The van der Waals surface area contributed by atoms with Crippen LogP contribution in [0.25, 0.3) is 0 Å². The Hall–Kier alpha value is -1.30. The fourth-order valence-corrected chi connectivity index (χ4v) is 3.29. The van der Waals surface area contributed by atoms with Gasteiger partial charge in [0.25, 0.3) is 0 Å². The molecule has 0 amide bonds. The summed E-state index contributed by atoms with van der Waals surface area (Å²) in [6, 6.07) is 7.97. The molecule has 1 saturated heterocycles. The first kappa shape index (κ1) is 20.0. The van der Waals surface area contributed by atoms with Gasteiger partial charge in [0.15, 0.2) is 5.96 Å². The maximum absolute atomic E-state index is 9.32. The van der Waals surface area contributed by atoms with Crippen molar-refractivity contribution in [3.05, 3.63) is 34.9 Å². The van der Waals surface area contributed by atoms with Gasteiger partial charge < -0.3 is 20.5 Å². The molecule has 0 radical (unpaired) electrons. The van der Waals surface area contributed by atoms with Gasteiger partial charge in [-0.3, -0.25) is 4.99 Å². The summed E-state index contributed by atoms with van der Waals surface area (Å²) in [7, 11) is 0. The van der Waals surface area contributed by atoms with Gasteiger partial charge in [-0.1, -0.05) is 29.8 Å². The molecule has 140 valence electrons. The van der Waals surface area contributed by atoms with E-state index in [4.69, 9.17) is 21.3 Å². The molecule has 3 N–H and O–H groups in total. The quantitative estimate of drug-likeness (QED) is 0.356. The number of hydrogen-bond donors (Lipinski definition) is 3. The Kier molecular flexibility index (Phi) is 8.52. The van der Waals surface area contributed by atoms with Crippen molar-refractivity contribution in [2.75, 3.05) is 39.5 Å². The van der Waals surface area contributed by atoms with Crippen molar-refractivity contribution in [1.29, 1.82) is 0 Å². The average molecular weight is 368 g/mol. The largest absolute Gasteiger partial charge is 0.396 e. The number of guanidine groups is 1. The van der Waals surface area contributed by atoms with Crippen LogP contribution in [0, 0.1) is 5.41 Å². The zero-order chi connectivity index (χ0) is 18.0. The highest BCUT2D eigenvalue weighted by Gasteiger charge is 2.34. The molecular weight excluding hydrogens is 338 g/mol. The molecule has 25 heavy (non-hydrogen) atoms. The molecular formula is C19H30ClN3O2. The number of aliphatic hydroxyl groups is 1. The Labute approximate surface area is 155 Å². The van der Waals surface area contributed by atoms with Crippen LogP contribution in [-0.2, 0) is 11.2 Å². The van der Waals surface area contributed by atoms with E-state index in [0.717, 1.165) is 56.4 Å². The van der Waals surface area contributed by atoms with Gasteiger partial charge >= 0.3 is 0 Å². The fraction of sp³-hybridized carbons (Fsp3) is 0.632. The van der Waals surface area contributed by atoms with Crippen molar-refractivity contribution in [3.8, 4) is 0 Å². The van der Waals surface area contributed by atoms with Gasteiger partial charge in [0.05, 0.1) is 13.2 Å². The van der Waals surface area contributed by atoms with E-state index < -0.39 is 0 Å². The van der Waals surface area contributed by atoms with Crippen molar-refractivity contribution in [2.45, 2.75) is 32.6 Å². The Bertz CT molecular complexity index is 545. The number of benzene rings is 1. The number of aliphatic hydroxyl groups excluding tert-OH is 1. The van der Waals surface area contributed by atoms with Crippen molar-refractivity contribution >= 4 is 17.6 Å². The summed E-state index contributed by atoms with van der Waals surface area (Å²) in [4.78, 5) is 4.73. The molecule has 1 aromatic carbocycles. The highest BCUT2D eigenvalue weighted by atomic mass is 35.5. The third-order valence-electron chi connectivity index (χ3n) is 4.62. The van der Waals surface area contributed by atoms with E-state index in [9.17, 15) is 5.11 Å². The lowest BCUT2D eigenvalue weighted by molar-refractivity contribution is 0.131. The molecule has 2 rings (SSSR count). The van der Waals surface area contributed by atoms with Gasteiger partial charge in [-0.05, 0) is 44.2 Å². The second kappa shape index (κ2) is 10.6. The van der Waals surface area contributed by atoms with Gasteiger partial charge in [-0.2, -0.15) is 0 Å². The average Bonchev–Trinajstić information content (AvgIpc) is 3.07. The summed E-state index contributed by atoms with van der Waals surface area (Å²) < 4.78 is 5.53. The number of nitrogens with one attached hydrogen (secondary N) is 2. The van der Waals surface area contributed by atoms with Crippen LogP contribution in [0.4, 0.5) is 0 Å². The zero-order valence-corrected chi connectivity index (χ0v) is 15.8. The van der Waals surface area contributed by atoms with Gasteiger partial charge in [0, 0.05) is 36.7 Å². The standard InChI is InChI=1S/C19H30ClN3O2/c1-2-21-18(23-14-19(9-12-24)10-13-25-15-19)22-11-5-7-16-6-3-4-8-17(16)20/h3-4,6,8,24H,2,5,7,9-15H2,1H3,(H2,21,22,23). The topological polar surface area (TPSA) is 65.9 Å². The number of aryl methyl sites for hydroxylation is 1. The molecule has 5 nitrogen and oxygen atoms in total. The molecule has 1 atom stereocenters. The van der Waals surface area contributed by atoms with Crippen molar-refractivity contribution in [2.24, 2.45) is 10.4 Å². The summed E-state index contributed by atoms with van der Waals surface area (Å²) >= 11 is 6.19. The number of rotatable bonds is 9. The smallest absolute Gasteiger partial charge is 0.191 e. The SMILES string of the molecule is CCNC(=NCC1(CCO)CCOC1)NCCCc1ccccc1Cl. The molecule has 0 bridgehead atoms. The van der Waals surface area contributed by atoms with Gasteiger partial charge in [0.1, 0.15) is 0 Å². The molecule has 0 spiro atoms. The molecule has 0 aromatic heterocycles. The van der Waals surface area contributed by atoms with Crippen LogP contribution in [0.2, 0.25) is 5.02 Å². The lowest BCUT2D eigenvalue weighted by Gasteiger charge is -2.24. The third kappa shape index (κ3) is 6.49. The lowest BCUT2D eigenvalue weighted by Crippen LogP contribution is -2.39. The molecule has 6 heteroatoms. The minimum Gasteiger partial charge on any atom is -0.396 e. The van der Waals surface area contributed by atoms with Gasteiger partial charge in [-0.25, -0.2) is 0 Å². The Morgan fingerprint density at radius 2 is 2.20 bits per heavy atom. The second-order valence-corrected chi connectivity index (χ2v) is 7.00. The number of ether oxygens (including phenoxy) is 1. The molecule has 0 aliphatic carbocycles. The first-order valence-electron chi connectivity index (χ1n) is 9.13. The molecule has 1 aliphatic rings. The van der Waals surface area contributed by atoms with Crippen LogP contribution >= 0.6 is 11.6 Å². The van der Waals surface area contributed by atoms with Gasteiger partial charge in [-0.15, -0.1) is 0 Å². The molecule has 1 unspecified atom stereocenters. The first-order valence-corrected chi connectivity index (χ1v) is 9.51. The summed E-state index contributed by atoms with van der Waals surface area (Å²) in [5.41, 5.74) is 1.16. The number of halogens is 1. The van der Waals surface area contributed by atoms with Crippen LogP contribution in [0.15, 0.2) is 29.3 Å². The van der Waals surface area contributed by atoms with E-state index in [1.165, 1.54) is 5.56 Å². The van der Waals surface area contributed by atoms with Crippen molar-refractivity contribution in [3.63, 3.8) is 0 Å². The highest BCUT2D eigenvalue weighted by molar-refractivity contribution is 6.31. The minimum absolute atomic E-state index is 0.0192. The maximum atomic E-state index is 9.32. The van der Waals surface area contributed by atoms with E-state index in [0.29, 0.717) is 13.2 Å². The van der Waals surface area contributed by atoms with Crippen molar-refractivity contribution < 1.29 is 9.84 Å².